The van der Waals surface area contributed by atoms with Crippen LogP contribution in [0.1, 0.15) is 34.8 Å². The molecule has 1 amide bonds. The van der Waals surface area contributed by atoms with Crippen molar-refractivity contribution in [2.24, 2.45) is 10.1 Å². The molecule has 2 atom stereocenters. The molecule has 11 heteroatoms. The number of ether oxygens (including phenoxy) is 2. The summed E-state index contributed by atoms with van der Waals surface area (Å²) in [5, 5.41) is 12.7. The normalized spacial score (nSPS) is 18.0. The first-order valence-corrected chi connectivity index (χ1v) is 13.1. The average molecular weight is 594 g/mol. The van der Waals surface area contributed by atoms with Gasteiger partial charge in [-0.1, -0.05) is 63.5 Å². The topological polar surface area (TPSA) is 138 Å². The van der Waals surface area contributed by atoms with Gasteiger partial charge >= 0.3 is 0 Å². The third-order valence-corrected chi connectivity index (χ3v) is 7.06. The van der Waals surface area contributed by atoms with Gasteiger partial charge in [-0.15, -0.1) is 0 Å². The summed E-state index contributed by atoms with van der Waals surface area (Å²) < 4.78 is 13.0. The van der Waals surface area contributed by atoms with Crippen LogP contribution >= 0.6 is 15.9 Å². The van der Waals surface area contributed by atoms with Crippen molar-refractivity contribution in [3.63, 3.8) is 0 Å². The number of hydroxylamine groups is 1. The minimum absolute atomic E-state index is 0.0500. The van der Waals surface area contributed by atoms with Gasteiger partial charge in [0.25, 0.3) is 5.91 Å². The van der Waals surface area contributed by atoms with Gasteiger partial charge in [0.2, 0.25) is 5.90 Å². The number of carbonyl (C=O) groups is 1. The summed E-state index contributed by atoms with van der Waals surface area (Å²) in [5.41, 5.74) is 12.9. The van der Waals surface area contributed by atoms with E-state index in [1.807, 2.05) is 48.5 Å². The summed E-state index contributed by atoms with van der Waals surface area (Å²) in [4.78, 5) is 26.7. The molecule has 0 unspecified atom stereocenters. The Bertz CT molecular complexity index is 1380. The summed E-state index contributed by atoms with van der Waals surface area (Å²) in [6, 6.07) is 22.1. The lowest BCUT2D eigenvalue weighted by molar-refractivity contribution is -0.139. The van der Waals surface area contributed by atoms with E-state index in [1.165, 1.54) is 7.11 Å². The zero-order valence-corrected chi connectivity index (χ0v) is 22.9. The van der Waals surface area contributed by atoms with Crippen molar-refractivity contribution < 1.29 is 24.2 Å². The second kappa shape index (κ2) is 13.3. The van der Waals surface area contributed by atoms with Gasteiger partial charge in [0.15, 0.2) is 11.6 Å². The molecule has 39 heavy (non-hydrogen) atoms. The molecular formula is C28H28BrN5O5. The van der Waals surface area contributed by atoms with Crippen LogP contribution in [0.25, 0.3) is 10.4 Å². The number of aliphatic hydroxyl groups is 1. The van der Waals surface area contributed by atoms with Crippen molar-refractivity contribution in [2.75, 3.05) is 20.3 Å². The molecule has 0 saturated carbocycles. The highest BCUT2D eigenvalue weighted by molar-refractivity contribution is 9.10. The van der Waals surface area contributed by atoms with E-state index in [-0.39, 0.29) is 25.5 Å². The number of rotatable bonds is 12. The Morgan fingerprint density at radius 1 is 1.15 bits per heavy atom. The molecule has 0 saturated heterocycles. The van der Waals surface area contributed by atoms with E-state index in [1.54, 1.807) is 24.3 Å². The van der Waals surface area contributed by atoms with Gasteiger partial charge in [-0.3, -0.25) is 9.63 Å². The van der Waals surface area contributed by atoms with Crippen molar-refractivity contribution in [1.29, 1.82) is 0 Å². The lowest BCUT2D eigenvalue weighted by atomic mass is 9.81. The molecule has 10 nitrogen and oxygen atoms in total. The highest BCUT2D eigenvalue weighted by atomic mass is 79.9. The largest absolute Gasteiger partial charge is 0.494 e. The summed E-state index contributed by atoms with van der Waals surface area (Å²) in [7, 11) is 1.37. The van der Waals surface area contributed by atoms with Crippen molar-refractivity contribution >= 4 is 27.7 Å². The van der Waals surface area contributed by atoms with Crippen LogP contribution in [-0.4, -0.2) is 42.8 Å². The summed E-state index contributed by atoms with van der Waals surface area (Å²) in [6.07, 6.45) is -0.142. The van der Waals surface area contributed by atoms with Crippen LogP contribution in [-0.2, 0) is 27.3 Å². The Morgan fingerprint density at radius 2 is 1.87 bits per heavy atom. The highest BCUT2D eigenvalue weighted by Gasteiger charge is 2.54. The third-order valence-electron chi connectivity index (χ3n) is 6.28. The van der Waals surface area contributed by atoms with Gasteiger partial charge in [-0.25, -0.2) is 10.5 Å². The van der Waals surface area contributed by atoms with Crippen LogP contribution in [0.2, 0.25) is 0 Å². The molecule has 2 N–H and O–H groups in total. The van der Waals surface area contributed by atoms with Crippen LogP contribution < -0.4 is 10.2 Å². The van der Waals surface area contributed by atoms with Crippen LogP contribution in [0.5, 0.6) is 5.75 Å². The van der Waals surface area contributed by atoms with Gasteiger partial charge < -0.3 is 14.6 Å². The number of benzene rings is 3. The number of azide groups is 1. The first-order chi connectivity index (χ1) is 19.0. The SMILES string of the molecule is CONC(=O)[C@@]1(Cc2ccccc2Br)N=C(c2ccc(OCCCO)cc2)O[C@H]1c1ccccc1CN=[N+]=[N-]. The van der Waals surface area contributed by atoms with E-state index in [2.05, 4.69) is 31.4 Å². The quantitative estimate of drug-likeness (QED) is 0.0977. The maximum atomic E-state index is 13.8. The van der Waals surface area contributed by atoms with Crippen LogP contribution in [0.3, 0.4) is 0 Å². The Morgan fingerprint density at radius 3 is 2.56 bits per heavy atom. The molecule has 0 aromatic heterocycles. The number of nitrogens with one attached hydrogen (secondary N) is 1. The molecule has 4 rings (SSSR count). The fourth-order valence-corrected chi connectivity index (χ4v) is 4.84. The summed E-state index contributed by atoms with van der Waals surface area (Å²) >= 11 is 3.60. The molecule has 0 fully saturated rings. The summed E-state index contributed by atoms with van der Waals surface area (Å²) in [5.74, 6) is 0.431. The minimum Gasteiger partial charge on any atom is -0.494 e. The van der Waals surface area contributed by atoms with Crippen LogP contribution in [0, 0.1) is 0 Å². The van der Waals surface area contributed by atoms with E-state index in [9.17, 15) is 4.79 Å². The number of nitrogens with zero attached hydrogens (tertiary/aromatic N) is 4. The number of aliphatic hydroxyl groups excluding tert-OH is 1. The predicted molar refractivity (Wildman–Crippen MR) is 149 cm³/mol. The van der Waals surface area contributed by atoms with E-state index in [0.29, 0.717) is 35.5 Å². The van der Waals surface area contributed by atoms with Gasteiger partial charge in [0, 0.05) is 34.4 Å². The Hall–Kier alpha value is -3.89. The van der Waals surface area contributed by atoms with E-state index in [4.69, 9.17) is 29.9 Å². The molecule has 0 bridgehead atoms. The minimum atomic E-state index is -1.46. The van der Waals surface area contributed by atoms with Gasteiger partial charge in [-0.05, 0) is 52.6 Å². The van der Waals surface area contributed by atoms with Gasteiger partial charge in [0.1, 0.15) is 5.75 Å². The number of halogens is 1. The molecule has 0 spiro atoms. The monoisotopic (exact) mass is 593 g/mol. The highest BCUT2D eigenvalue weighted by Crippen LogP contribution is 2.44. The van der Waals surface area contributed by atoms with Crippen molar-refractivity contribution in [2.45, 2.75) is 31.0 Å². The maximum absolute atomic E-state index is 13.8. The number of hydrogen-bond acceptors (Lipinski definition) is 7. The lowest BCUT2D eigenvalue weighted by Gasteiger charge is -2.31. The lowest BCUT2D eigenvalue weighted by Crippen LogP contribution is -2.49. The molecule has 1 aliphatic heterocycles. The average Bonchev–Trinajstić information content (AvgIpc) is 3.34. The number of amides is 1. The van der Waals surface area contributed by atoms with E-state index in [0.717, 1.165) is 10.0 Å². The Balaban J connectivity index is 1.83. The predicted octanol–water partition coefficient (Wildman–Crippen LogP) is 5.20. The van der Waals surface area contributed by atoms with Crippen molar-refractivity contribution in [3.05, 3.63) is 110 Å². The summed E-state index contributed by atoms with van der Waals surface area (Å²) in [6.45, 7) is 0.525. The van der Waals surface area contributed by atoms with Crippen LogP contribution in [0.15, 0.2) is 87.4 Å². The molecule has 0 aliphatic carbocycles. The molecule has 3 aromatic carbocycles. The van der Waals surface area contributed by atoms with Crippen molar-refractivity contribution in [1.82, 2.24) is 5.48 Å². The Kier molecular flexibility index (Phi) is 9.56. The van der Waals surface area contributed by atoms with Gasteiger partial charge in [-0.2, -0.15) is 0 Å². The van der Waals surface area contributed by atoms with Crippen LogP contribution in [0.4, 0.5) is 0 Å². The fraction of sp³-hybridized carbons (Fsp3) is 0.286. The zero-order valence-electron chi connectivity index (χ0n) is 21.3. The second-order valence-electron chi connectivity index (χ2n) is 8.78. The molecule has 202 valence electrons. The number of hydrogen-bond donors (Lipinski definition) is 2. The zero-order chi connectivity index (χ0) is 27.7. The standard InChI is InChI=1S/C28H28BrN5O5/c1-37-33-27(36)28(17-20-7-3-5-10-24(20)29)25(23-9-4-2-8-21(23)18-31-34-30)39-26(32-28)19-11-13-22(14-12-19)38-16-6-15-35/h2-5,7-14,25,35H,6,15-18H2,1H3,(H,33,36)/t25-,28-/m0/s1. The second-order valence-corrected chi connectivity index (χ2v) is 9.63. The molecular weight excluding hydrogens is 566 g/mol. The maximum Gasteiger partial charge on any atom is 0.276 e. The number of carbonyl (C=O) groups excluding carboxylic acids is 1. The van der Waals surface area contributed by atoms with Crippen molar-refractivity contribution in [3.8, 4) is 5.75 Å². The molecule has 1 heterocycles. The molecule has 3 aromatic rings. The smallest absolute Gasteiger partial charge is 0.276 e. The van der Waals surface area contributed by atoms with E-state index >= 15 is 0 Å². The third kappa shape index (κ3) is 6.40. The first-order valence-electron chi connectivity index (χ1n) is 12.3. The van der Waals surface area contributed by atoms with Gasteiger partial charge in [0.05, 0.1) is 20.3 Å². The first kappa shape index (κ1) is 28.1. The molecule has 1 aliphatic rings. The van der Waals surface area contributed by atoms with E-state index < -0.39 is 17.6 Å². The molecule has 0 radical (unpaired) electrons. The Labute approximate surface area is 234 Å². The fourth-order valence-electron chi connectivity index (χ4n) is 4.41. The number of aliphatic imine (C=N–C) groups is 1.